The van der Waals surface area contributed by atoms with Crippen molar-refractivity contribution < 1.29 is 19.0 Å². The summed E-state index contributed by atoms with van der Waals surface area (Å²) in [5.41, 5.74) is -0.524. The fourth-order valence-electron chi connectivity index (χ4n) is 1.54. The number of alkyl halides is 2. The third kappa shape index (κ3) is 2.20. The number of rotatable bonds is 2. The predicted molar refractivity (Wildman–Crippen MR) is 59.2 cm³/mol. The minimum atomic E-state index is -3.20. The molecular weight excluding hydrogens is 226 g/mol. The molecule has 0 aliphatic carbocycles. The van der Waals surface area contributed by atoms with Crippen molar-refractivity contribution in [1.82, 2.24) is 0 Å². The Labute approximate surface area is 96.8 Å². The molecule has 17 heavy (non-hydrogen) atoms. The maximum absolute atomic E-state index is 14.0. The minimum absolute atomic E-state index is 0.0690. The lowest BCUT2D eigenvalue weighted by molar-refractivity contribution is 0.0425. The second kappa shape index (κ2) is 4.05. The van der Waals surface area contributed by atoms with Crippen molar-refractivity contribution >= 4 is 0 Å². The van der Waals surface area contributed by atoms with Crippen molar-refractivity contribution in [2.45, 2.75) is 5.92 Å². The van der Waals surface area contributed by atoms with Crippen LogP contribution in [0.1, 0.15) is 11.1 Å². The van der Waals surface area contributed by atoms with Gasteiger partial charge in [-0.1, -0.05) is 12.1 Å². The van der Waals surface area contributed by atoms with E-state index in [0.717, 1.165) is 18.2 Å². The summed E-state index contributed by atoms with van der Waals surface area (Å²) in [6.07, 6.45) is 0. The van der Waals surface area contributed by atoms with Crippen molar-refractivity contribution in [3.05, 3.63) is 59.7 Å². The van der Waals surface area contributed by atoms with Gasteiger partial charge in [-0.3, -0.25) is 0 Å². The van der Waals surface area contributed by atoms with Crippen LogP contribution >= 0.6 is 0 Å². The van der Waals surface area contributed by atoms with Crippen LogP contribution in [0.4, 0.5) is 8.78 Å². The molecule has 0 aromatic heterocycles. The van der Waals surface area contributed by atoms with E-state index in [-0.39, 0.29) is 22.6 Å². The van der Waals surface area contributed by atoms with Crippen LogP contribution in [0.2, 0.25) is 0 Å². The highest BCUT2D eigenvalue weighted by Gasteiger charge is 2.34. The standard InChI is InChI=1S/C13H10F2O2/c14-13(15,9-4-6-11(16)7-5-9)10-2-1-3-12(17)8-10/h1-8,16-17H. The summed E-state index contributed by atoms with van der Waals surface area (Å²) < 4.78 is 28.0. The van der Waals surface area contributed by atoms with E-state index in [9.17, 15) is 13.9 Å². The Kier molecular flexibility index (Phi) is 2.71. The zero-order valence-corrected chi connectivity index (χ0v) is 8.77. The molecule has 88 valence electrons. The molecule has 0 aliphatic rings. The summed E-state index contributed by atoms with van der Waals surface area (Å²) in [4.78, 5) is 0. The quantitative estimate of drug-likeness (QED) is 0.840. The molecule has 0 atom stereocenters. The lowest BCUT2D eigenvalue weighted by atomic mass is 10.0. The topological polar surface area (TPSA) is 40.5 Å². The highest BCUT2D eigenvalue weighted by molar-refractivity contribution is 5.39. The van der Waals surface area contributed by atoms with Crippen molar-refractivity contribution in [3.63, 3.8) is 0 Å². The van der Waals surface area contributed by atoms with Crippen molar-refractivity contribution in [1.29, 1.82) is 0 Å². The Morgan fingerprint density at radius 1 is 0.765 bits per heavy atom. The van der Waals surface area contributed by atoms with Crippen LogP contribution < -0.4 is 0 Å². The summed E-state index contributed by atoms with van der Waals surface area (Å²) in [7, 11) is 0. The number of phenolic OH excluding ortho intramolecular Hbond substituents is 2. The van der Waals surface area contributed by atoms with Gasteiger partial charge in [0.05, 0.1) is 0 Å². The van der Waals surface area contributed by atoms with Gasteiger partial charge in [-0.15, -0.1) is 0 Å². The number of halogens is 2. The zero-order chi connectivity index (χ0) is 12.5. The summed E-state index contributed by atoms with van der Waals surface area (Å²) >= 11 is 0. The van der Waals surface area contributed by atoms with E-state index in [4.69, 9.17) is 5.11 Å². The average molecular weight is 236 g/mol. The number of phenols is 2. The molecular formula is C13H10F2O2. The van der Waals surface area contributed by atoms with Crippen LogP contribution in [0.5, 0.6) is 11.5 Å². The fraction of sp³-hybridized carbons (Fsp3) is 0.0769. The number of aromatic hydroxyl groups is 2. The van der Waals surface area contributed by atoms with Gasteiger partial charge < -0.3 is 10.2 Å². The maximum Gasteiger partial charge on any atom is 0.298 e. The molecule has 0 spiro atoms. The molecule has 0 aliphatic heterocycles. The summed E-state index contributed by atoms with van der Waals surface area (Å²) in [5.74, 6) is -3.48. The third-order valence-electron chi connectivity index (χ3n) is 2.44. The van der Waals surface area contributed by atoms with E-state index in [0.29, 0.717) is 0 Å². The van der Waals surface area contributed by atoms with Crippen LogP contribution in [0.25, 0.3) is 0 Å². The first-order valence-corrected chi connectivity index (χ1v) is 4.97. The van der Waals surface area contributed by atoms with Gasteiger partial charge in [0.2, 0.25) is 0 Å². The van der Waals surface area contributed by atoms with Gasteiger partial charge in [-0.05, 0) is 36.4 Å². The Bertz CT molecular complexity index is 521. The molecule has 0 saturated carbocycles. The Balaban J connectivity index is 2.45. The minimum Gasteiger partial charge on any atom is -0.508 e. The van der Waals surface area contributed by atoms with Crippen LogP contribution in [0.15, 0.2) is 48.5 Å². The van der Waals surface area contributed by atoms with E-state index < -0.39 is 5.92 Å². The summed E-state index contributed by atoms with van der Waals surface area (Å²) in [6, 6.07) is 9.66. The molecule has 4 heteroatoms. The zero-order valence-electron chi connectivity index (χ0n) is 8.77. The predicted octanol–water partition coefficient (Wildman–Crippen LogP) is 3.24. The molecule has 0 amide bonds. The molecule has 0 radical (unpaired) electrons. The molecule has 0 saturated heterocycles. The van der Waals surface area contributed by atoms with Crippen LogP contribution in [-0.2, 0) is 5.92 Å². The van der Waals surface area contributed by atoms with Gasteiger partial charge in [0.1, 0.15) is 11.5 Å². The van der Waals surface area contributed by atoms with Crippen LogP contribution in [0.3, 0.4) is 0 Å². The normalized spacial score (nSPS) is 11.4. The first kappa shape index (κ1) is 11.4. The smallest absolute Gasteiger partial charge is 0.298 e. The average Bonchev–Trinajstić information content (AvgIpc) is 2.29. The fourth-order valence-corrected chi connectivity index (χ4v) is 1.54. The first-order chi connectivity index (χ1) is 8.00. The lowest BCUT2D eigenvalue weighted by Gasteiger charge is -2.17. The first-order valence-electron chi connectivity index (χ1n) is 4.97. The molecule has 0 fully saturated rings. The van der Waals surface area contributed by atoms with E-state index in [2.05, 4.69) is 0 Å². The molecule has 2 rings (SSSR count). The Hall–Kier alpha value is -2.10. The van der Waals surface area contributed by atoms with Gasteiger partial charge in [-0.2, -0.15) is 8.78 Å². The van der Waals surface area contributed by atoms with Crippen LogP contribution in [0, 0.1) is 0 Å². The maximum atomic E-state index is 14.0. The molecule has 2 aromatic carbocycles. The summed E-state index contributed by atoms with van der Waals surface area (Å²) in [6.45, 7) is 0. The van der Waals surface area contributed by atoms with Gasteiger partial charge in [0, 0.05) is 11.1 Å². The number of hydrogen-bond acceptors (Lipinski definition) is 2. The Morgan fingerprint density at radius 2 is 1.41 bits per heavy atom. The van der Waals surface area contributed by atoms with Gasteiger partial charge in [0.15, 0.2) is 0 Å². The number of hydrogen-bond donors (Lipinski definition) is 2. The molecule has 2 nitrogen and oxygen atoms in total. The second-order valence-corrected chi connectivity index (χ2v) is 3.67. The van der Waals surface area contributed by atoms with Gasteiger partial charge >= 0.3 is 0 Å². The van der Waals surface area contributed by atoms with Crippen molar-refractivity contribution in [2.75, 3.05) is 0 Å². The third-order valence-corrected chi connectivity index (χ3v) is 2.44. The second-order valence-electron chi connectivity index (χ2n) is 3.67. The van der Waals surface area contributed by atoms with E-state index >= 15 is 0 Å². The molecule has 2 aromatic rings. The molecule has 0 heterocycles. The SMILES string of the molecule is Oc1ccc(C(F)(F)c2cccc(O)c2)cc1. The van der Waals surface area contributed by atoms with E-state index in [1.54, 1.807) is 0 Å². The molecule has 0 unspecified atom stereocenters. The van der Waals surface area contributed by atoms with E-state index in [1.165, 1.54) is 30.3 Å². The van der Waals surface area contributed by atoms with Crippen LogP contribution in [-0.4, -0.2) is 10.2 Å². The highest BCUT2D eigenvalue weighted by atomic mass is 19.3. The highest BCUT2D eigenvalue weighted by Crippen LogP contribution is 2.37. The summed E-state index contributed by atoms with van der Waals surface area (Å²) in [5, 5.41) is 18.2. The van der Waals surface area contributed by atoms with Gasteiger partial charge in [-0.25, -0.2) is 0 Å². The lowest BCUT2D eigenvalue weighted by Crippen LogP contribution is -2.14. The monoisotopic (exact) mass is 236 g/mol. The molecule has 0 bridgehead atoms. The van der Waals surface area contributed by atoms with Gasteiger partial charge in [0.25, 0.3) is 5.92 Å². The number of benzene rings is 2. The Morgan fingerprint density at radius 3 is 2.00 bits per heavy atom. The van der Waals surface area contributed by atoms with Crippen molar-refractivity contribution in [2.24, 2.45) is 0 Å². The van der Waals surface area contributed by atoms with E-state index in [1.807, 2.05) is 0 Å². The largest absolute Gasteiger partial charge is 0.508 e. The van der Waals surface area contributed by atoms with Crippen molar-refractivity contribution in [3.8, 4) is 11.5 Å². The molecule has 2 N–H and O–H groups in total.